The van der Waals surface area contributed by atoms with Gasteiger partial charge in [-0.3, -0.25) is 0 Å². The van der Waals surface area contributed by atoms with Crippen LogP contribution in [0, 0.1) is 5.92 Å². The van der Waals surface area contributed by atoms with E-state index in [2.05, 4.69) is 54.0 Å². The number of benzene rings is 1. The zero-order valence-electron chi connectivity index (χ0n) is 17.2. The van der Waals surface area contributed by atoms with Gasteiger partial charge in [-0.05, 0) is 37.3 Å². The van der Waals surface area contributed by atoms with Crippen LogP contribution in [0.4, 0.5) is 0 Å². The van der Waals surface area contributed by atoms with E-state index < -0.39 is 5.97 Å². The third-order valence-electron chi connectivity index (χ3n) is 5.20. The average molecular weight is 429 g/mol. The summed E-state index contributed by atoms with van der Waals surface area (Å²) in [5.74, 6) is -0.750. The van der Waals surface area contributed by atoms with Gasteiger partial charge in [0.2, 0.25) is 0 Å². The molecule has 4 heteroatoms. The molecule has 0 spiro atoms. The standard InChI is InChI=1S/C22H37BrO3/c1-6-7-8-9-10-14-21(22(24-3,25-4)26-5)16-15-19-12-11-13-20(17-19)18(2)23/h11-13,17-18,21H,6-10,14-16H2,1-5H3. The molecule has 1 aromatic carbocycles. The minimum Gasteiger partial charge on any atom is -0.331 e. The van der Waals surface area contributed by atoms with Crippen molar-refractivity contribution < 1.29 is 14.2 Å². The summed E-state index contributed by atoms with van der Waals surface area (Å²) in [7, 11) is 5.01. The van der Waals surface area contributed by atoms with Crippen LogP contribution in [0.25, 0.3) is 0 Å². The van der Waals surface area contributed by atoms with Crippen molar-refractivity contribution in [2.24, 2.45) is 5.92 Å². The summed E-state index contributed by atoms with van der Waals surface area (Å²) in [6.45, 7) is 4.40. The van der Waals surface area contributed by atoms with Gasteiger partial charge in [-0.2, -0.15) is 0 Å². The Morgan fingerprint density at radius 3 is 2.19 bits per heavy atom. The van der Waals surface area contributed by atoms with Gasteiger partial charge >= 0.3 is 0 Å². The summed E-state index contributed by atoms with van der Waals surface area (Å²) in [5.41, 5.74) is 2.66. The van der Waals surface area contributed by atoms with Crippen LogP contribution in [0.1, 0.15) is 74.7 Å². The molecule has 3 nitrogen and oxygen atoms in total. The molecule has 0 heterocycles. The fraction of sp³-hybridized carbons (Fsp3) is 0.727. The molecule has 0 aliphatic rings. The lowest BCUT2D eigenvalue weighted by Crippen LogP contribution is -2.44. The van der Waals surface area contributed by atoms with E-state index in [1.807, 2.05) is 0 Å². The molecule has 150 valence electrons. The van der Waals surface area contributed by atoms with E-state index in [0.29, 0.717) is 4.83 Å². The Balaban J connectivity index is 2.76. The fourth-order valence-electron chi connectivity index (χ4n) is 3.58. The minimum absolute atomic E-state index is 0.203. The van der Waals surface area contributed by atoms with E-state index in [-0.39, 0.29) is 5.92 Å². The molecule has 0 saturated heterocycles. The number of rotatable bonds is 14. The summed E-state index contributed by atoms with van der Waals surface area (Å²) in [4.78, 5) is 0.368. The van der Waals surface area contributed by atoms with Crippen LogP contribution in [0.15, 0.2) is 24.3 Å². The molecule has 0 amide bonds. The zero-order chi connectivity index (χ0) is 19.4. The van der Waals surface area contributed by atoms with E-state index >= 15 is 0 Å². The van der Waals surface area contributed by atoms with Crippen molar-refractivity contribution in [3.05, 3.63) is 35.4 Å². The summed E-state index contributed by atoms with van der Waals surface area (Å²) >= 11 is 3.66. The molecule has 2 atom stereocenters. The molecule has 0 saturated carbocycles. The van der Waals surface area contributed by atoms with Gasteiger partial charge in [0.15, 0.2) is 0 Å². The van der Waals surface area contributed by atoms with Gasteiger partial charge in [0.05, 0.1) is 0 Å². The van der Waals surface area contributed by atoms with E-state index in [1.54, 1.807) is 21.3 Å². The first-order valence-corrected chi connectivity index (χ1v) is 10.8. The second kappa shape index (κ2) is 12.9. The highest BCUT2D eigenvalue weighted by Gasteiger charge is 2.39. The van der Waals surface area contributed by atoms with E-state index in [9.17, 15) is 0 Å². The number of unbranched alkanes of at least 4 members (excludes halogenated alkanes) is 4. The SMILES string of the molecule is CCCCCCCC(CCc1cccc(C(C)Br)c1)C(OC)(OC)OC. The lowest BCUT2D eigenvalue weighted by molar-refractivity contribution is -0.380. The van der Waals surface area contributed by atoms with Gasteiger partial charge in [0.1, 0.15) is 0 Å². The molecule has 0 aliphatic carbocycles. The van der Waals surface area contributed by atoms with Crippen LogP contribution < -0.4 is 0 Å². The molecule has 0 aromatic heterocycles. The first-order valence-electron chi connectivity index (χ1n) is 9.91. The molecule has 1 aromatic rings. The number of hydrogen-bond acceptors (Lipinski definition) is 3. The van der Waals surface area contributed by atoms with Crippen LogP contribution in [0.2, 0.25) is 0 Å². The Hall–Kier alpha value is -0.420. The van der Waals surface area contributed by atoms with Gasteiger partial charge in [-0.25, -0.2) is 0 Å². The lowest BCUT2D eigenvalue weighted by Gasteiger charge is -2.36. The molecule has 2 unspecified atom stereocenters. The fourth-order valence-corrected chi connectivity index (χ4v) is 3.86. The smallest absolute Gasteiger partial charge is 0.285 e. The van der Waals surface area contributed by atoms with E-state index in [1.165, 1.54) is 43.2 Å². The lowest BCUT2D eigenvalue weighted by atomic mass is 9.91. The molecule has 0 N–H and O–H groups in total. The maximum atomic E-state index is 5.68. The van der Waals surface area contributed by atoms with Gasteiger partial charge in [-0.1, -0.05) is 79.2 Å². The Morgan fingerprint density at radius 1 is 0.962 bits per heavy atom. The highest BCUT2D eigenvalue weighted by molar-refractivity contribution is 9.09. The van der Waals surface area contributed by atoms with Crippen molar-refractivity contribution in [2.45, 2.75) is 76.0 Å². The Bertz CT molecular complexity index is 478. The molecule has 0 fully saturated rings. The van der Waals surface area contributed by atoms with E-state index in [4.69, 9.17) is 14.2 Å². The number of aryl methyl sites for hydroxylation is 1. The molecule has 26 heavy (non-hydrogen) atoms. The predicted molar refractivity (Wildman–Crippen MR) is 113 cm³/mol. The van der Waals surface area contributed by atoms with Gasteiger partial charge < -0.3 is 14.2 Å². The first kappa shape index (κ1) is 23.6. The quantitative estimate of drug-likeness (QED) is 0.188. The van der Waals surface area contributed by atoms with Crippen LogP contribution in [-0.2, 0) is 20.6 Å². The largest absolute Gasteiger partial charge is 0.331 e. The van der Waals surface area contributed by atoms with Crippen molar-refractivity contribution in [3.8, 4) is 0 Å². The van der Waals surface area contributed by atoms with Crippen molar-refractivity contribution >= 4 is 15.9 Å². The number of hydrogen-bond donors (Lipinski definition) is 0. The normalized spacial score (nSPS) is 14.4. The van der Waals surface area contributed by atoms with Crippen molar-refractivity contribution in [1.82, 2.24) is 0 Å². The van der Waals surface area contributed by atoms with E-state index in [0.717, 1.165) is 19.3 Å². The molecule has 0 bridgehead atoms. The monoisotopic (exact) mass is 428 g/mol. The summed E-state index contributed by atoms with van der Waals surface area (Å²) in [6, 6.07) is 8.79. The molecule has 1 rings (SSSR count). The van der Waals surface area contributed by atoms with Crippen molar-refractivity contribution in [1.29, 1.82) is 0 Å². The second-order valence-corrected chi connectivity index (χ2v) is 8.39. The maximum absolute atomic E-state index is 5.68. The molecule has 0 radical (unpaired) electrons. The third kappa shape index (κ3) is 7.30. The topological polar surface area (TPSA) is 27.7 Å². The Morgan fingerprint density at radius 2 is 1.62 bits per heavy atom. The highest BCUT2D eigenvalue weighted by atomic mass is 79.9. The molecular weight excluding hydrogens is 392 g/mol. The van der Waals surface area contributed by atoms with Gasteiger partial charge in [0, 0.05) is 32.1 Å². The van der Waals surface area contributed by atoms with Crippen molar-refractivity contribution in [3.63, 3.8) is 0 Å². The number of methoxy groups -OCH3 is 3. The highest BCUT2D eigenvalue weighted by Crippen LogP contribution is 2.33. The zero-order valence-corrected chi connectivity index (χ0v) is 18.8. The van der Waals surface area contributed by atoms with Gasteiger partial charge in [0.25, 0.3) is 5.97 Å². The van der Waals surface area contributed by atoms with Crippen LogP contribution >= 0.6 is 15.9 Å². The number of ether oxygens (including phenoxy) is 3. The predicted octanol–water partition coefficient (Wildman–Crippen LogP) is 6.64. The third-order valence-corrected chi connectivity index (χ3v) is 5.73. The number of halogens is 1. The number of alkyl halides is 1. The van der Waals surface area contributed by atoms with Crippen molar-refractivity contribution in [2.75, 3.05) is 21.3 Å². The van der Waals surface area contributed by atoms with Crippen LogP contribution in [0.5, 0.6) is 0 Å². The Labute approximate surface area is 168 Å². The average Bonchev–Trinajstić information content (AvgIpc) is 2.67. The molecular formula is C22H37BrO3. The minimum atomic E-state index is -0.953. The Kier molecular flexibility index (Phi) is 11.7. The second-order valence-electron chi connectivity index (χ2n) is 7.02. The van der Waals surface area contributed by atoms with Gasteiger partial charge in [-0.15, -0.1) is 0 Å². The maximum Gasteiger partial charge on any atom is 0.285 e. The first-order chi connectivity index (χ1) is 12.5. The summed E-state index contributed by atoms with van der Waals surface area (Å²) in [6.07, 6.45) is 9.34. The summed E-state index contributed by atoms with van der Waals surface area (Å²) < 4.78 is 17.0. The van der Waals surface area contributed by atoms with Crippen LogP contribution in [0.3, 0.4) is 0 Å². The molecule has 0 aliphatic heterocycles. The van der Waals surface area contributed by atoms with Crippen LogP contribution in [-0.4, -0.2) is 27.3 Å². The summed E-state index contributed by atoms with van der Waals surface area (Å²) in [5, 5.41) is 0.